The molecule has 16 heavy (non-hydrogen) atoms. The van der Waals surface area contributed by atoms with Crippen molar-refractivity contribution >= 4 is 5.78 Å². The van der Waals surface area contributed by atoms with Crippen LogP contribution in [0.15, 0.2) is 6.07 Å². The second kappa shape index (κ2) is 4.37. The zero-order valence-electron chi connectivity index (χ0n) is 10.2. The van der Waals surface area contributed by atoms with E-state index in [1.54, 1.807) is 11.6 Å². The van der Waals surface area contributed by atoms with Crippen LogP contribution in [0.5, 0.6) is 0 Å². The van der Waals surface area contributed by atoms with Crippen molar-refractivity contribution in [3.8, 4) is 0 Å². The number of hydrogen-bond donors (Lipinski definition) is 0. The van der Waals surface area contributed by atoms with E-state index in [0.29, 0.717) is 11.6 Å². The molecule has 2 rings (SSSR count). The van der Waals surface area contributed by atoms with Gasteiger partial charge in [-0.05, 0) is 25.6 Å². The predicted octanol–water partition coefficient (Wildman–Crippen LogP) is 1.43. The fourth-order valence-corrected chi connectivity index (χ4v) is 2.38. The summed E-state index contributed by atoms with van der Waals surface area (Å²) in [5, 5.41) is 4.45. The molecule has 1 aromatic heterocycles. The van der Waals surface area contributed by atoms with Crippen molar-refractivity contribution in [1.82, 2.24) is 14.7 Å². The molecule has 0 aromatic carbocycles. The minimum absolute atomic E-state index is 0.0894. The van der Waals surface area contributed by atoms with Gasteiger partial charge in [0.05, 0.1) is 5.69 Å². The Balaban J connectivity index is 2.16. The molecule has 0 aliphatic carbocycles. The van der Waals surface area contributed by atoms with Gasteiger partial charge in [0.1, 0.15) is 5.69 Å². The van der Waals surface area contributed by atoms with Gasteiger partial charge in [-0.25, -0.2) is 0 Å². The lowest BCUT2D eigenvalue weighted by Crippen LogP contribution is -2.19. The largest absolute Gasteiger partial charge is 0.303 e. The van der Waals surface area contributed by atoms with E-state index in [9.17, 15) is 4.79 Å². The summed E-state index contributed by atoms with van der Waals surface area (Å²) >= 11 is 0. The van der Waals surface area contributed by atoms with Gasteiger partial charge in [0, 0.05) is 26.4 Å². The van der Waals surface area contributed by atoms with Crippen LogP contribution >= 0.6 is 0 Å². The number of carbonyl (C=O) groups is 1. The van der Waals surface area contributed by atoms with E-state index in [2.05, 4.69) is 16.9 Å². The Labute approximate surface area is 96.2 Å². The van der Waals surface area contributed by atoms with E-state index < -0.39 is 0 Å². The predicted molar refractivity (Wildman–Crippen MR) is 62.7 cm³/mol. The van der Waals surface area contributed by atoms with Gasteiger partial charge in [-0.2, -0.15) is 5.10 Å². The van der Waals surface area contributed by atoms with Crippen molar-refractivity contribution in [3.05, 3.63) is 17.5 Å². The number of rotatable bonds is 3. The molecule has 0 radical (unpaired) electrons. The monoisotopic (exact) mass is 221 g/mol. The van der Waals surface area contributed by atoms with Crippen LogP contribution in [0.25, 0.3) is 0 Å². The van der Waals surface area contributed by atoms with Gasteiger partial charge in [-0.15, -0.1) is 0 Å². The van der Waals surface area contributed by atoms with E-state index in [0.717, 1.165) is 31.7 Å². The van der Waals surface area contributed by atoms with Crippen LogP contribution in [0.1, 0.15) is 42.4 Å². The second-order valence-electron chi connectivity index (χ2n) is 4.51. The molecule has 88 valence electrons. The zero-order valence-corrected chi connectivity index (χ0v) is 10.2. The lowest BCUT2D eigenvalue weighted by atomic mass is 10.0. The third-order valence-corrected chi connectivity index (χ3v) is 3.40. The minimum atomic E-state index is 0.0894. The molecule has 4 heteroatoms. The van der Waals surface area contributed by atoms with Crippen molar-refractivity contribution < 1.29 is 4.79 Å². The summed E-state index contributed by atoms with van der Waals surface area (Å²) in [5.41, 5.74) is 1.79. The number of likely N-dealkylation sites (N-methyl/N-ethyl adjacent to an activating group) is 1. The summed E-state index contributed by atoms with van der Waals surface area (Å²) in [6, 6.07) is 1.95. The minimum Gasteiger partial charge on any atom is -0.303 e. The van der Waals surface area contributed by atoms with Gasteiger partial charge in [-0.1, -0.05) is 6.92 Å². The Morgan fingerprint density at radius 2 is 2.38 bits per heavy atom. The van der Waals surface area contributed by atoms with Crippen molar-refractivity contribution in [1.29, 1.82) is 0 Å². The molecule has 1 fully saturated rings. The molecule has 4 nitrogen and oxygen atoms in total. The maximum absolute atomic E-state index is 11.3. The highest BCUT2D eigenvalue weighted by molar-refractivity contribution is 5.92. The lowest BCUT2D eigenvalue weighted by molar-refractivity contribution is 0.100. The Morgan fingerprint density at radius 3 is 2.88 bits per heavy atom. The smallest absolute Gasteiger partial charge is 0.177 e. The molecule has 1 atom stereocenters. The first-order valence-electron chi connectivity index (χ1n) is 5.89. The average molecular weight is 221 g/mol. The summed E-state index contributed by atoms with van der Waals surface area (Å²) in [6.45, 7) is 7.09. The van der Waals surface area contributed by atoms with Crippen LogP contribution in [0.2, 0.25) is 0 Å². The summed E-state index contributed by atoms with van der Waals surface area (Å²) in [6.07, 6.45) is 1.15. The Kier molecular flexibility index (Phi) is 3.10. The molecule has 0 bridgehead atoms. The molecule has 1 aliphatic rings. The highest BCUT2D eigenvalue weighted by atomic mass is 16.1. The molecule has 0 amide bonds. The third-order valence-electron chi connectivity index (χ3n) is 3.40. The maximum Gasteiger partial charge on any atom is 0.177 e. The molecular weight excluding hydrogens is 202 g/mol. The van der Waals surface area contributed by atoms with Gasteiger partial charge >= 0.3 is 0 Å². The Morgan fingerprint density at radius 1 is 1.62 bits per heavy atom. The number of ketones is 1. The van der Waals surface area contributed by atoms with E-state index in [1.165, 1.54) is 0 Å². The first-order chi connectivity index (χ1) is 7.61. The zero-order chi connectivity index (χ0) is 11.7. The molecule has 0 spiro atoms. The van der Waals surface area contributed by atoms with Crippen LogP contribution in [-0.2, 0) is 7.05 Å². The summed E-state index contributed by atoms with van der Waals surface area (Å²) in [7, 11) is 1.84. The summed E-state index contributed by atoms with van der Waals surface area (Å²) in [5.74, 6) is 0.589. The first kappa shape index (κ1) is 11.3. The molecule has 1 aromatic rings. The maximum atomic E-state index is 11.3. The van der Waals surface area contributed by atoms with Gasteiger partial charge in [0.15, 0.2) is 5.78 Å². The summed E-state index contributed by atoms with van der Waals surface area (Å²) < 4.78 is 1.70. The molecule has 1 unspecified atom stereocenters. The topological polar surface area (TPSA) is 38.1 Å². The number of aryl methyl sites for hydroxylation is 1. The molecular formula is C12H19N3O. The van der Waals surface area contributed by atoms with E-state index >= 15 is 0 Å². The van der Waals surface area contributed by atoms with Crippen LogP contribution in [-0.4, -0.2) is 40.1 Å². The van der Waals surface area contributed by atoms with Crippen LogP contribution < -0.4 is 0 Å². The lowest BCUT2D eigenvalue weighted by Gasteiger charge is -2.11. The first-order valence-corrected chi connectivity index (χ1v) is 5.89. The quantitative estimate of drug-likeness (QED) is 0.725. The van der Waals surface area contributed by atoms with Crippen LogP contribution in [0.4, 0.5) is 0 Å². The van der Waals surface area contributed by atoms with Gasteiger partial charge < -0.3 is 4.90 Å². The number of hydrogen-bond acceptors (Lipinski definition) is 3. The average Bonchev–Trinajstić information content (AvgIpc) is 2.83. The number of likely N-dealkylation sites (tertiary alicyclic amines) is 1. The fraction of sp³-hybridized carbons (Fsp3) is 0.667. The van der Waals surface area contributed by atoms with Crippen molar-refractivity contribution in [2.75, 3.05) is 19.6 Å². The fourth-order valence-electron chi connectivity index (χ4n) is 2.38. The van der Waals surface area contributed by atoms with Crippen molar-refractivity contribution in [2.45, 2.75) is 26.2 Å². The molecule has 2 heterocycles. The van der Waals surface area contributed by atoms with Crippen LogP contribution in [0, 0.1) is 0 Å². The molecule has 1 aliphatic heterocycles. The van der Waals surface area contributed by atoms with E-state index in [4.69, 9.17) is 0 Å². The Bertz CT molecular complexity index is 397. The number of carbonyl (C=O) groups excluding carboxylic acids is 1. The molecule has 0 saturated carbocycles. The third kappa shape index (κ3) is 2.02. The van der Waals surface area contributed by atoms with Gasteiger partial charge in [0.2, 0.25) is 0 Å². The second-order valence-corrected chi connectivity index (χ2v) is 4.51. The van der Waals surface area contributed by atoms with Crippen molar-refractivity contribution in [3.63, 3.8) is 0 Å². The number of aromatic nitrogens is 2. The van der Waals surface area contributed by atoms with Crippen molar-refractivity contribution in [2.24, 2.45) is 7.05 Å². The van der Waals surface area contributed by atoms with E-state index in [-0.39, 0.29) is 5.78 Å². The number of Topliss-reactive ketones (excluding diaryl/α,β-unsaturated/α-hetero) is 1. The Hall–Kier alpha value is -1.16. The standard InChI is InChI=1S/C12H19N3O/c1-4-15-6-5-10(8-15)11-7-12(9(2)16)14(3)13-11/h7,10H,4-6,8H2,1-3H3. The molecule has 1 saturated heterocycles. The van der Waals surface area contributed by atoms with Gasteiger partial charge in [0.25, 0.3) is 0 Å². The molecule has 0 N–H and O–H groups in total. The highest BCUT2D eigenvalue weighted by Crippen LogP contribution is 2.26. The SMILES string of the molecule is CCN1CCC(c2cc(C(C)=O)n(C)n2)C1. The van der Waals surface area contributed by atoms with E-state index in [1.807, 2.05) is 13.1 Å². The van der Waals surface area contributed by atoms with Crippen LogP contribution in [0.3, 0.4) is 0 Å². The number of nitrogens with zero attached hydrogens (tertiary/aromatic N) is 3. The summed E-state index contributed by atoms with van der Waals surface area (Å²) in [4.78, 5) is 13.8. The van der Waals surface area contributed by atoms with Gasteiger partial charge in [-0.3, -0.25) is 9.48 Å². The normalized spacial score (nSPS) is 21.6. The highest BCUT2D eigenvalue weighted by Gasteiger charge is 2.25.